The predicted molar refractivity (Wildman–Crippen MR) is 139 cm³/mol. The number of aliphatic hydroxyl groups excluding tert-OH is 1. The lowest BCUT2D eigenvalue weighted by molar-refractivity contribution is -0.137. The molecule has 1 aliphatic rings. The summed E-state index contributed by atoms with van der Waals surface area (Å²) in [5, 5.41) is 11.6. The van der Waals surface area contributed by atoms with Crippen LogP contribution in [0.3, 0.4) is 0 Å². The van der Waals surface area contributed by atoms with Crippen molar-refractivity contribution < 1.29 is 32.6 Å². The minimum absolute atomic E-state index is 0.117. The van der Waals surface area contributed by atoms with Gasteiger partial charge in [0.2, 0.25) is 0 Å². The summed E-state index contributed by atoms with van der Waals surface area (Å²) in [5.74, 6) is -2.01. The van der Waals surface area contributed by atoms with Crippen molar-refractivity contribution >= 4 is 23.1 Å². The van der Waals surface area contributed by atoms with Gasteiger partial charge >= 0.3 is 6.18 Å². The summed E-state index contributed by atoms with van der Waals surface area (Å²) in [4.78, 5) is 27.8. The molecule has 1 amide bonds. The molecule has 0 saturated carbocycles. The Hall–Kier alpha value is -4.07. The van der Waals surface area contributed by atoms with E-state index in [1.54, 1.807) is 37.3 Å². The van der Waals surface area contributed by atoms with Gasteiger partial charge in [-0.05, 0) is 65.4 Å². The standard InChI is InChI=1S/C30H28F3NO4/c1-17-12-13-19(29(2,3)4)16-23(17)26(35)24-25(18-8-6-11-22(14-18)38-5)34(28(37)27(24)36)21-10-7-9-20(15-21)30(31,32)33/h6-16,25,35H,1-5H3/b26-24+. The minimum Gasteiger partial charge on any atom is -0.507 e. The fourth-order valence-electron chi connectivity index (χ4n) is 4.55. The van der Waals surface area contributed by atoms with E-state index in [9.17, 15) is 27.9 Å². The topological polar surface area (TPSA) is 66.8 Å². The van der Waals surface area contributed by atoms with E-state index in [0.29, 0.717) is 22.4 Å². The molecule has 5 nitrogen and oxygen atoms in total. The summed E-state index contributed by atoms with van der Waals surface area (Å²) in [7, 11) is 1.45. The van der Waals surface area contributed by atoms with Gasteiger partial charge in [-0.25, -0.2) is 0 Å². The van der Waals surface area contributed by atoms with E-state index in [4.69, 9.17) is 4.74 Å². The number of amides is 1. The number of ketones is 1. The first-order valence-electron chi connectivity index (χ1n) is 12.0. The molecule has 1 saturated heterocycles. The van der Waals surface area contributed by atoms with Gasteiger partial charge in [-0.15, -0.1) is 0 Å². The number of carbonyl (C=O) groups excluding carboxylic acids is 2. The third kappa shape index (κ3) is 4.90. The lowest BCUT2D eigenvalue weighted by Crippen LogP contribution is -2.29. The van der Waals surface area contributed by atoms with Crippen molar-refractivity contribution in [2.75, 3.05) is 12.0 Å². The highest BCUT2D eigenvalue weighted by molar-refractivity contribution is 6.51. The number of Topliss-reactive ketones (excluding diaryl/α,β-unsaturated/α-hetero) is 1. The lowest BCUT2D eigenvalue weighted by Gasteiger charge is -2.26. The number of anilines is 1. The maximum Gasteiger partial charge on any atom is 0.416 e. The normalized spacial score (nSPS) is 17.7. The molecule has 1 aliphatic heterocycles. The first kappa shape index (κ1) is 27.0. The van der Waals surface area contributed by atoms with Crippen molar-refractivity contribution in [2.24, 2.45) is 0 Å². The second kappa shape index (κ2) is 9.67. The van der Waals surface area contributed by atoms with Gasteiger partial charge in [-0.2, -0.15) is 13.2 Å². The number of rotatable bonds is 4. The van der Waals surface area contributed by atoms with Crippen LogP contribution in [0.15, 0.2) is 72.3 Å². The largest absolute Gasteiger partial charge is 0.507 e. The first-order valence-corrected chi connectivity index (χ1v) is 12.0. The van der Waals surface area contributed by atoms with Crippen LogP contribution in [0.4, 0.5) is 18.9 Å². The molecule has 0 spiro atoms. The number of benzene rings is 3. The number of hydrogen-bond donors (Lipinski definition) is 1. The van der Waals surface area contributed by atoms with Crippen LogP contribution in [0.2, 0.25) is 0 Å². The number of methoxy groups -OCH3 is 1. The second-order valence-corrected chi connectivity index (χ2v) is 10.3. The number of ether oxygens (including phenoxy) is 1. The molecule has 0 aliphatic carbocycles. The third-order valence-corrected chi connectivity index (χ3v) is 6.66. The Morgan fingerprint density at radius 2 is 1.61 bits per heavy atom. The number of aryl methyl sites for hydroxylation is 1. The number of halogens is 3. The van der Waals surface area contributed by atoms with Gasteiger partial charge in [0.25, 0.3) is 11.7 Å². The van der Waals surface area contributed by atoms with Crippen molar-refractivity contribution in [3.63, 3.8) is 0 Å². The summed E-state index contributed by atoms with van der Waals surface area (Å²) in [6, 6.07) is 15.1. The Kier molecular flexibility index (Phi) is 6.86. The van der Waals surface area contributed by atoms with Crippen LogP contribution in [-0.2, 0) is 21.2 Å². The zero-order valence-electron chi connectivity index (χ0n) is 21.7. The van der Waals surface area contributed by atoms with Gasteiger partial charge in [0, 0.05) is 11.3 Å². The smallest absolute Gasteiger partial charge is 0.416 e. The molecule has 3 aromatic carbocycles. The molecule has 0 radical (unpaired) electrons. The monoisotopic (exact) mass is 523 g/mol. The molecule has 8 heteroatoms. The fraction of sp³-hybridized carbons (Fsp3) is 0.267. The van der Waals surface area contributed by atoms with Crippen molar-refractivity contribution in [3.8, 4) is 5.75 Å². The van der Waals surface area contributed by atoms with Gasteiger partial charge < -0.3 is 9.84 Å². The van der Waals surface area contributed by atoms with Crippen LogP contribution in [0.5, 0.6) is 5.75 Å². The first-order chi connectivity index (χ1) is 17.7. The average Bonchev–Trinajstić information content (AvgIpc) is 3.13. The molecule has 1 heterocycles. The Labute approximate surface area is 219 Å². The van der Waals surface area contributed by atoms with Crippen LogP contribution in [0.1, 0.15) is 54.6 Å². The molecule has 0 aromatic heterocycles. The summed E-state index contributed by atoms with van der Waals surface area (Å²) in [5.41, 5.74) is 0.775. The van der Waals surface area contributed by atoms with E-state index in [0.717, 1.165) is 22.6 Å². The van der Waals surface area contributed by atoms with Gasteiger partial charge in [0.15, 0.2) is 0 Å². The van der Waals surface area contributed by atoms with E-state index in [-0.39, 0.29) is 16.7 Å². The van der Waals surface area contributed by atoms with E-state index in [1.165, 1.54) is 19.2 Å². The van der Waals surface area contributed by atoms with E-state index in [2.05, 4.69) is 0 Å². The number of nitrogens with zero attached hydrogens (tertiary/aromatic N) is 1. The van der Waals surface area contributed by atoms with Crippen molar-refractivity contribution in [1.29, 1.82) is 0 Å². The maximum absolute atomic E-state index is 13.5. The van der Waals surface area contributed by atoms with Gasteiger partial charge in [-0.1, -0.05) is 51.1 Å². The molecule has 4 rings (SSSR count). The molecule has 1 fully saturated rings. The van der Waals surface area contributed by atoms with Crippen molar-refractivity contribution in [1.82, 2.24) is 0 Å². The SMILES string of the molecule is COc1cccc(C2/C(=C(\O)c3cc(C(C)(C)C)ccc3C)C(=O)C(=O)N2c2cccc(C(F)(F)F)c2)c1. The molecular formula is C30H28F3NO4. The minimum atomic E-state index is -4.65. The van der Waals surface area contributed by atoms with Crippen LogP contribution in [0, 0.1) is 6.92 Å². The molecular weight excluding hydrogens is 495 g/mol. The molecule has 1 atom stereocenters. The highest BCUT2D eigenvalue weighted by atomic mass is 19.4. The second-order valence-electron chi connectivity index (χ2n) is 10.3. The molecule has 1 N–H and O–H groups in total. The zero-order chi connectivity index (χ0) is 28.0. The Balaban J connectivity index is 2.00. The quantitative estimate of drug-likeness (QED) is 0.228. The highest BCUT2D eigenvalue weighted by Crippen LogP contribution is 2.44. The van der Waals surface area contributed by atoms with Crippen LogP contribution < -0.4 is 9.64 Å². The van der Waals surface area contributed by atoms with Gasteiger partial charge in [-0.3, -0.25) is 14.5 Å². The zero-order valence-corrected chi connectivity index (χ0v) is 21.7. The van der Waals surface area contributed by atoms with Crippen molar-refractivity contribution in [3.05, 3.63) is 100 Å². The average molecular weight is 524 g/mol. The van der Waals surface area contributed by atoms with Crippen molar-refractivity contribution in [2.45, 2.75) is 45.3 Å². The van der Waals surface area contributed by atoms with Crippen LogP contribution >= 0.6 is 0 Å². The van der Waals surface area contributed by atoms with Gasteiger partial charge in [0.1, 0.15) is 11.5 Å². The Morgan fingerprint density at radius 1 is 0.921 bits per heavy atom. The van der Waals surface area contributed by atoms with Crippen LogP contribution in [-0.4, -0.2) is 23.9 Å². The summed E-state index contributed by atoms with van der Waals surface area (Å²) in [6.45, 7) is 7.78. The van der Waals surface area contributed by atoms with Crippen LogP contribution in [0.25, 0.3) is 5.76 Å². The van der Waals surface area contributed by atoms with E-state index >= 15 is 0 Å². The van der Waals surface area contributed by atoms with Gasteiger partial charge in [0.05, 0.1) is 24.3 Å². The Morgan fingerprint density at radius 3 is 2.24 bits per heavy atom. The number of carbonyl (C=O) groups is 2. The number of aliphatic hydroxyl groups is 1. The molecule has 3 aromatic rings. The summed E-state index contributed by atoms with van der Waals surface area (Å²) >= 11 is 0. The van der Waals surface area contributed by atoms with E-state index < -0.39 is 35.2 Å². The molecule has 198 valence electrons. The van der Waals surface area contributed by atoms with E-state index in [1.807, 2.05) is 32.9 Å². The Bertz CT molecular complexity index is 1450. The summed E-state index contributed by atoms with van der Waals surface area (Å²) in [6.07, 6.45) is -4.65. The number of alkyl halides is 3. The third-order valence-electron chi connectivity index (χ3n) is 6.66. The molecule has 38 heavy (non-hydrogen) atoms. The molecule has 0 bridgehead atoms. The molecule has 1 unspecified atom stereocenters. The highest BCUT2D eigenvalue weighted by Gasteiger charge is 2.47. The maximum atomic E-state index is 13.5. The number of hydrogen-bond acceptors (Lipinski definition) is 4. The fourth-order valence-corrected chi connectivity index (χ4v) is 4.55. The predicted octanol–water partition coefficient (Wildman–Crippen LogP) is 6.95. The summed E-state index contributed by atoms with van der Waals surface area (Å²) < 4.78 is 45.9. The lowest BCUT2D eigenvalue weighted by atomic mass is 9.84.